The number of benzene rings is 2. The minimum Gasteiger partial charge on any atom is -0.388 e. The average molecular weight is 555 g/mol. The van der Waals surface area contributed by atoms with Crippen LogP contribution in [0.3, 0.4) is 0 Å². The van der Waals surface area contributed by atoms with Crippen molar-refractivity contribution in [3.8, 4) is 5.69 Å². The van der Waals surface area contributed by atoms with Crippen molar-refractivity contribution in [3.05, 3.63) is 95.2 Å². The molecule has 0 spiro atoms. The molecule has 1 fully saturated rings. The van der Waals surface area contributed by atoms with Crippen molar-refractivity contribution in [2.75, 3.05) is 24.5 Å². The highest BCUT2D eigenvalue weighted by atomic mass is 19.1. The third kappa shape index (κ3) is 4.91. The van der Waals surface area contributed by atoms with Gasteiger partial charge in [0.05, 0.1) is 24.0 Å². The Kier molecular flexibility index (Phi) is 6.40. The number of anilines is 2. The predicted octanol–water partition coefficient (Wildman–Crippen LogP) is 3.49. The van der Waals surface area contributed by atoms with Crippen molar-refractivity contribution < 1.29 is 9.50 Å². The van der Waals surface area contributed by atoms with E-state index < -0.39 is 5.60 Å². The highest BCUT2D eigenvalue weighted by molar-refractivity contribution is 5.75. The molecule has 3 aromatic heterocycles. The highest BCUT2D eigenvalue weighted by Gasteiger charge is 2.33. The van der Waals surface area contributed by atoms with E-state index in [4.69, 9.17) is 0 Å². The van der Waals surface area contributed by atoms with Gasteiger partial charge in [0.2, 0.25) is 5.95 Å². The van der Waals surface area contributed by atoms with Crippen LogP contribution in [0.5, 0.6) is 0 Å². The minimum absolute atomic E-state index is 0.171. The molecule has 0 unspecified atom stereocenters. The zero-order valence-electron chi connectivity index (χ0n) is 22.6. The van der Waals surface area contributed by atoms with Crippen LogP contribution in [0.2, 0.25) is 0 Å². The van der Waals surface area contributed by atoms with Crippen LogP contribution < -0.4 is 10.5 Å². The number of likely N-dealkylation sites (tertiary alicyclic amines) is 1. The molecule has 0 atom stereocenters. The molecule has 2 aliphatic heterocycles. The molecule has 1 saturated heterocycles. The lowest BCUT2D eigenvalue weighted by Gasteiger charge is -2.38. The van der Waals surface area contributed by atoms with Gasteiger partial charge < -0.3 is 14.6 Å². The second-order valence-corrected chi connectivity index (χ2v) is 11.0. The molecule has 0 radical (unpaired) electrons. The molecule has 2 aliphatic rings. The summed E-state index contributed by atoms with van der Waals surface area (Å²) < 4.78 is 18.5. The van der Waals surface area contributed by atoms with E-state index in [1.165, 1.54) is 23.0 Å². The molecule has 210 valence electrons. The molecule has 11 heteroatoms. The van der Waals surface area contributed by atoms with Gasteiger partial charge in [-0.25, -0.2) is 19.0 Å². The van der Waals surface area contributed by atoms with Gasteiger partial charge in [-0.2, -0.15) is 5.10 Å². The van der Waals surface area contributed by atoms with Crippen molar-refractivity contribution in [3.63, 3.8) is 0 Å². The van der Waals surface area contributed by atoms with Gasteiger partial charge in [0.25, 0.3) is 5.56 Å². The van der Waals surface area contributed by atoms with Crippen LogP contribution in [0.15, 0.2) is 78.2 Å². The van der Waals surface area contributed by atoms with Crippen molar-refractivity contribution in [1.82, 2.24) is 33.8 Å². The van der Waals surface area contributed by atoms with Gasteiger partial charge in [-0.3, -0.25) is 14.3 Å². The Hall–Kier alpha value is -4.35. The smallest absolute Gasteiger partial charge is 0.264 e. The first kappa shape index (κ1) is 25.6. The van der Waals surface area contributed by atoms with Crippen LogP contribution in [0.4, 0.5) is 16.0 Å². The molecular formula is C30H31FN8O2. The lowest BCUT2D eigenvalue weighted by molar-refractivity contribution is -0.0364. The average Bonchev–Trinajstić information content (AvgIpc) is 3.65. The predicted molar refractivity (Wildman–Crippen MR) is 153 cm³/mol. The van der Waals surface area contributed by atoms with E-state index in [-0.39, 0.29) is 17.9 Å². The second-order valence-electron chi connectivity index (χ2n) is 11.0. The topological polar surface area (TPSA) is 97.2 Å². The van der Waals surface area contributed by atoms with E-state index in [0.29, 0.717) is 43.5 Å². The molecule has 0 amide bonds. The molecule has 0 bridgehead atoms. The summed E-state index contributed by atoms with van der Waals surface area (Å²) in [7, 11) is 0. The Morgan fingerprint density at radius 1 is 0.927 bits per heavy atom. The zero-order valence-corrected chi connectivity index (χ0v) is 22.6. The first-order valence-corrected chi connectivity index (χ1v) is 14.0. The maximum Gasteiger partial charge on any atom is 0.264 e. The Bertz CT molecular complexity index is 1730. The molecule has 2 aromatic carbocycles. The molecule has 5 aromatic rings. The molecule has 0 saturated carbocycles. The SMILES string of the molecule is O=c1c2cnn(-c3ccc(N4CCCn5ccnc54)cc3)c2ncn1CC1(O)CCN(Cc2ccc(F)cc2)CC1. The fraction of sp³-hybridized carbons (Fsp3) is 0.333. The first-order valence-electron chi connectivity index (χ1n) is 14.0. The van der Waals surface area contributed by atoms with E-state index in [9.17, 15) is 14.3 Å². The van der Waals surface area contributed by atoms with Crippen LogP contribution in [0, 0.1) is 5.82 Å². The zero-order chi connectivity index (χ0) is 28.0. The number of aliphatic hydroxyl groups is 1. The molecule has 7 rings (SSSR count). The third-order valence-corrected chi connectivity index (χ3v) is 8.25. The number of aromatic nitrogens is 6. The monoisotopic (exact) mass is 554 g/mol. The highest BCUT2D eigenvalue weighted by Crippen LogP contribution is 2.29. The molecule has 5 heterocycles. The van der Waals surface area contributed by atoms with E-state index in [2.05, 4.69) is 29.4 Å². The van der Waals surface area contributed by atoms with Crippen molar-refractivity contribution in [2.45, 2.75) is 44.5 Å². The van der Waals surface area contributed by atoms with Crippen molar-refractivity contribution >= 4 is 22.7 Å². The number of piperidine rings is 1. The van der Waals surface area contributed by atoms with E-state index in [1.54, 1.807) is 23.0 Å². The Morgan fingerprint density at radius 3 is 2.46 bits per heavy atom. The summed E-state index contributed by atoms with van der Waals surface area (Å²) in [6, 6.07) is 14.5. The number of rotatable bonds is 6. The van der Waals surface area contributed by atoms with Crippen LogP contribution in [0.1, 0.15) is 24.8 Å². The number of nitrogens with zero attached hydrogens (tertiary/aromatic N) is 8. The van der Waals surface area contributed by atoms with Crippen molar-refractivity contribution in [1.29, 1.82) is 0 Å². The molecule has 0 aliphatic carbocycles. The largest absolute Gasteiger partial charge is 0.388 e. The summed E-state index contributed by atoms with van der Waals surface area (Å²) in [5.74, 6) is 0.694. The molecule has 1 N–H and O–H groups in total. The standard InChI is InChI=1S/C30H31FN8O2/c31-23-4-2-22(3-5-23)19-35-15-10-30(41,11-16-35)20-37-21-33-27-26(28(37)40)18-34-39(27)25-8-6-24(7-9-25)38-14-1-13-36-17-12-32-29(36)38/h2-9,12,17-18,21,41H,1,10-11,13-16,19-20H2. The number of hydrogen-bond acceptors (Lipinski definition) is 7. The molecule has 41 heavy (non-hydrogen) atoms. The van der Waals surface area contributed by atoms with Crippen LogP contribution in [-0.4, -0.2) is 64.1 Å². The lowest BCUT2D eigenvalue weighted by Crippen LogP contribution is -2.47. The van der Waals surface area contributed by atoms with Crippen LogP contribution in [-0.2, 0) is 19.6 Å². The van der Waals surface area contributed by atoms with Gasteiger partial charge in [-0.15, -0.1) is 0 Å². The quantitative estimate of drug-likeness (QED) is 0.343. The number of imidazole rings is 1. The van der Waals surface area contributed by atoms with E-state index in [1.807, 2.05) is 36.7 Å². The molecule has 10 nitrogen and oxygen atoms in total. The maximum atomic E-state index is 13.4. The van der Waals surface area contributed by atoms with Gasteiger partial charge >= 0.3 is 0 Å². The maximum absolute atomic E-state index is 13.4. The van der Waals surface area contributed by atoms with Crippen LogP contribution in [0.25, 0.3) is 16.7 Å². The summed E-state index contributed by atoms with van der Waals surface area (Å²) in [6.07, 6.45) is 8.99. The normalized spacial score (nSPS) is 17.2. The summed E-state index contributed by atoms with van der Waals surface area (Å²) in [5.41, 5.74) is 2.14. The van der Waals surface area contributed by atoms with E-state index >= 15 is 0 Å². The number of hydrogen-bond donors (Lipinski definition) is 1. The summed E-state index contributed by atoms with van der Waals surface area (Å²) in [4.78, 5) is 26.9. The lowest BCUT2D eigenvalue weighted by atomic mass is 9.91. The fourth-order valence-electron chi connectivity index (χ4n) is 5.94. The number of halogens is 1. The van der Waals surface area contributed by atoms with Gasteiger partial charge in [-0.1, -0.05) is 12.1 Å². The van der Waals surface area contributed by atoms with Gasteiger partial charge in [-0.05, 0) is 61.2 Å². The third-order valence-electron chi connectivity index (χ3n) is 8.25. The van der Waals surface area contributed by atoms with Crippen molar-refractivity contribution in [2.24, 2.45) is 0 Å². The minimum atomic E-state index is -1.01. The van der Waals surface area contributed by atoms with Gasteiger partial charge in [0.15, 0.2) is 5.65 Å². The first-order chi connectivity index (χ1) is 20.0. The van der Waals surface area contributed by atoms with Gasteiger partial charge in [0.1, 0.15) is 17.5 Å². The Balaban J connectivity index is 1.05. The Labute approximate surface area is 235 Å². The summed E-state index contributed by atoms with van der Waals surface area (Å²) in [5, 5.41) is 16.2. The van der Waals surface area contributed by atoms with Crippen LogP contribution >= 0.6 is 0 Å². The van der Waals surface area contributed by atoms with E-state index in [0.717, 1.165) is 42.4 Å². The summed E-state index contributed by atoms with van der Waals surface area (Å²) >= 11 is 0. The number of fused-ring (bicyclic) bond motifs is 2. The number of aryl methyl sites for hydroxylation is 1. The second kappa shape index (κ2) is 10.2. The summed E-state index contributed by atoms with van der Waals surface area (Å²) in [6.45, 7) is 4.12. The Morgan fingerprint density at radius 2 is 1.68 bits per heavy atom. The van der Waals surface area contributed by atoms with Gasteiger partial charge in [0, 0.05) is 50.8 Å². The molecular weight excluding hydrogens is 523 g/mol. The fourth-order valence-corrected chi connectivity index (χ4v) is 5.94.